The standard InChI is InChI=1S/C12H14ClNO3/c1-8(15)14-12-4-3-11(13)7-10(12)5-6-17-9(2)16/h3-4,7H,5-6H2,1-2H3,(H,14,15). The molecular weight excluding hydrogens is 242 g/mol. The molecule has 0 atom stereocenters. The van der Waals surface area contributed by atoms with Gasteiger partial charge in [0.15, 0.2) is 0 Å². The second kappa shape index (κ2) is 6.25. The van der Waals surface area contributed by atoms with E-state index in [-0.39, 0.29) is 18.5 Å². The number of rotatable bonds is 4. The number of hydrogen-bond donors (Lipinski definition) is 1. The van der Waals surface area contributed by atoms with Gasteiger partial charge in [0.25, 0.3) is 0 Å². The first-order valence-corrected chi connectivity index (χ1v) is 5.56. The van der Waals surface area contributed by atoms with Crippen LogP contribution in [0.4, 0.5) is 5.69 Å². The van der Waals surface area contributed by atoms with E-state index >= 15 is 0 Å². The first kappa shape index (κ1) is 13.5. The Morgan fingerprint density at radius 3 is 2.65 bits per heavy atom. The zero-order valence-electron chi connectivity index (χ0n) is 9.75. The number of benzene rings is 1. The van der Waals surface area contributed by atoms with Crippen LogP contribution >= 0.6 is 11.6 Å². The van der Waals surface area contributed by atoms with Crippen LogP contribution in [0.1, 0.15) is 19.4 Å². The van der Waals surface area contributed by atoms with Crippen LogP contribution < -0.4 is 5.32 Å². The lowest BCUT2D eigenvalue weighted by Crippen LogP contribution is -2.10. The highest BCUT2D eigenvalue weighted by atomic mass is 35.5. The first-order valence-electron chi connectivity index (χ1n) is 5.18. The molecule has 0 radical (unpaired) electrons. The molecule has 0 saturated carbocycles. The Labute approximate surface area is 105 Å². The van der Waals surface area contributed by atoms with Crippen molar-refractivity contribution >= 4 is 29.2 Å². The van der Waals surface area contributed by atoms with Gasteiger partial charge in [0.2, 0.25) is 5.91 Å². The molecule has 1 N–H and O–H groups in total. The van der Waals surface area contributed by atoms with E-state index in [1.54, 1.807) is 18.2 Å². The lowest BCUT2D eigenvalue weighted by Gasteiger charge is -2.10. The molecule has 92 valence electrons. The minimum atomic E-state index is -0.326. The molecule has 0 aromatic heterocycles. The van der Waals surface area contributed by atoms with E-state index in [9.17, 15) is 9.59 Å². The highest BCUT2D eigenvalue weighted by Crippen LogP contribution is 2.21. The molecule has 1 aromatic carbocycles. The van der Waals surface area contributed by atoms with Gasteiger partial charge in [0.05, 0.1) is 6.61 Å². The molecule has 4 nitrogen and oxygen atoms in total. The largest absolute Gasteiger partial charge is 0.466 e. The molecule has 1 amide bonds. The van der Waals surface area contributed by atoms with Gasteiger partial charge in [0, 0.05) is 31.0 Å². The Bertz CT molecular complexity index is 432. The van der Waals surface area contributed by atoms with Crippen LogP contribution in [-0.2, 0) is 20.7 Å². The van der Waals surface area contributed by atoms with Gasteiger partial charge in [-0.15, -0.1) is 0 Å². The lowest BCUT2D eigenvalue weighted by atomic mass is 10.1. The average molecular weight is 256 g/mol. The Morgan fingerprint density at radius 2 is 2.06 bits per heavy atom. The summed E-state index contributed by atoms with van der Waals surface area (Å²) in [5, 5.41) is 3.28. The summed E-state index contributed by atoms with van der Waals surface area (Å²) in [6.45, 7) is 3.05. The summed E-state index contributed by atoms with van der Waals surface area (Å²) in [4.78, 5) is 21.6. The van der Waals surface area contributed by atoms with Crippen molar-refractivity contribution in [3.05, 3.63) is 28.8 Å². The fraction of sp³-hybridized carbons (Fsp3) is 0.333. The quantitative estimate of drug-likeness (QED) is 0.841. The molecule has 0 aliphatic carbocycles. The van der Waals surface area contributed by atoms with Gasteiger partial charge in [-0.3, -0.25) is 9.59 Å². The van der Waals surface area contributed by atoms with Gasteiger partial charge in [-0.05, 0) is 23.8 Å². The Morgan fingerprint density at radius 1 is 1.35 bits per heavy atom. The van der Waals surface area contributed by atoms with E-state index in [2.05, 4.69) is 5.32 Å². The van der Waals surface area contributed by atoms with Gasteiger partial charge in [-0.1, -0.05) is 11.6 Å². The molecule has 17 heavy (non-hydrogen) atoms. The fourth-order valence-corrected chi connectivity index (χ4v) is 1.58. The average Bonchev–Trinajstić information content (AvgIpc) is 2.21. The number of esters is 1. The minimum Gasteiger partial charge on any atom is -0.466 e. The second-order valence-corrected chi connectivity index (χ2v) is 4.01. The van der Waals surface area contributed by atoms with Crippen LogP contribution in [-0.4, -0.2) is 18.5 Å². The monoisotopic (exact) mass is 255 g/mol. The summed E-state index contributed by atoms with van der Waals surface area (Å²) in [6.07, 6.45) is 0.510. The summed E-state index contributed by atoms with van der Waals surface area (Å²) in [5.41, 5.74) is 1.53. The Balaban J connectivity index is 2.76. The van der Waals surface area contributed by atoms with Gasteiger partial charge < -0.3 is 10.1 Å². The number of carbonyl (C=O) groups excluding carboxylic acids is 2. The number of anilines is 1. The zero-order chi connectivity index (χ0) is 12.8. The maximum atomic E-state index is 11.0. The number of carbonyl (C=O) groups is 2. The van der Waals surface area contributed by atoms with Gasteiger partial charge in [-0.25, -0.2) is 0 Å². The highest BCUT2D eigenvalue weighted by molar-refractivity contribution is 6.30. The van der Waals surface area contributed by atoms with Crippen molar-refractivity contribution < 1.29 is 14.3 Å². The Kier molecular flexibility index (Phi) is 4.97. The summed E-state index contributed by atoms with van der Waals surface area (Å²) >= 11 is 5.87. The van der Waals surface area contributed by atoms with E-state index in [0.29, 0.717) is 17.1 Å². The molecule has 1 aromatic rings. The molecule has 0 unspecified atom stereocenters. The van der Waals surface area contributed by atoms with Crippen molar-refractivity contribution in [1.29, 1.82) is 0 Å². The molecule has 0 heterocycles. The molecule has 0 bridgehead atoms. The van der Waals surface area contributed by atoms with Crippen molar-refractivity contribution in [2.75, 3.05) is 11.9 Å². The van der Waals surface area contributed by atoms with Crippen molar-refractivity contribution in [3.63, 3.8) is 0 Å². The molecule has 0 aliphatic heterocycles. The summed E-state index contributed by atoms with van der Waals surface area (Å²) in [5.74, 6) is -0.478. The van der Waals surface area contributed by atoms with Crippen LogP contribution in [0.3, 0.4) is 0 Å². The van der Waals surface area contributed by atoms with Crippen LogP contribution in [0.15, 0.2) is 18.2 Å². The minimum absolute atomic E-state index is 0.152. The summed E-state index contributed by atoms with van der Waals surface area (Å²) < 4.78 is 4.85. The van der Waals surface area contributed by atoms with E-state index < -0.39 is 0 Å². The third-order valence-corrected chi connectivity index (χ3v) is 2.29. The van der Waals surface area contributed by atoms with Crippen LogP contribution in [0.2, 0.25) is 5.02 Å². The maximum absolute atomic E-state index is 11.0. The van der Waals surface area contributed by atoms with E-state index in [0.717, 1.165) is 5.56 Å². The third kappa shape index (κ3) is 4.87. The number of hydrogen-bond acceptors (Lipinski definition) is 3. The van der Waals surface area contributed by atoms with Crippen LogP contribution in [0.25, 0.3) is 0 Å². The molecule has 1 rings (SSSR count). The highest BCUT2D eigenvalue weighted by Gasteiger charge is 2.05. The molecule has 0 spiro atoms. The zero-order valence-corrected chi connectivity index (χ0v) is 10.5. The van der Waals surface area contributed by atoms with Crippen molar-refractivity contribution in [1.82, 2.24) is 0 Å². The van der Waals surface area contributed by atoms with E-state index in [4.69, 9.17) is 16.3 Å². The van der Waals surface area contributed by atoms with Gasteiger partial charge >= 0.3 is 5.97 Å². The van der Waals surface area contributed by atoms with Crippen LogP contribution in [0.5, 0.6) is 0 Å². The molecule has 5 heteroatoms. The smallest absolute Gasteiger partial charge is 0.302 e. The van der Waals surface area contributed by atoms with Crippen LogP contribution in [0, 0.1) is 0 Å². The third-order valence-electron chi connectivity index (χ3n) is 2.05. The topological polar surface area (TPSA) is 55.4 Å². The molecule has 0 aliphatic rings. The predicted molar refractivity (Wildman–Crippen MR) is 66.1 cm³/mol. The molecule has 0 fully saturated rings. The SMILES string of the molecule is CC(=O)Nc1ccc(Cl)cc1CCOC(C)=O. The fourth-order valence-electron chi connectivity index (χ4n) is 1.39. The van der Waals surface area contributed by atoms with Crippen molar-refractivity contribution in [3.8, 4) is 0 Å². The number of nitrogens with one attached hydrogen (secondary N) is 1. The number of halogens is 1. The van der Waals surface area contributed by atoms with Crippen molar-refractivity contribution in [2.24, 2.45) is 0 Å². The first-order chi connectivity index (χ1) is 7.99. The van der Waals surface area contributed by atoms with E-state index in [1.165, 1.54) is 13.8 Å². The summed E-state index contributed by atoms with van der Waals surface area (Å²) in [6, 6.07) is 5.17. The van der Waals surface area contributed by atoms with Crippen molar-refractivity contribution in [2.45, 2.75) is 20.3 Å². The number of amides is 1. The Hall–Kier alpha value is -1.55. The lowest BCUT2D eigenvalue weighted by molar-refractivity contribution is -0.140. The molecule has 0 saturated heterocycles. The maximum Gasteiger partial charge on any atom is 0.302 e. The summed E-state index contributed by atoms with van der Waals surface area (Å²) in [7, 11) is 0. The second-order valence-electron chi connectivity index (χ2n) is 3.57. The van der Waals surface area contributed by atoms with E-state index in [1.807, 2.05) is 0 Å². The number of ether oxygens (including phenoxy) is 1. The van der Waals surface area contributed by atoms with Gasteiger partial charge in [0.1, 0.15) is 0 Å². The normalized spacial score (nSPS) is 9.82. The predicted octanol–water partition coefficient (Wildman–Crippen LogP) is 2.40. The molecular formula is C12H14ClNO3. The van der Waals surface area contributed by atoms with Gasteiger partial charge in [-0.2, -0.15) is 0 Å².